The van der Waals surface area contributed by atoms with E-state index >= 15 is 0 Å². The summed E-state index contributed by atoms with van der Waals surface area (Å²) in [5, 5.41) is 60.0. The second-order valence-corrected chi connectivity index (χ2v) is 25.5. The third kappa shape index (κ3) is 12.9. The van der Waals surface area contributed by atoms with Gasteiger partial charge < -0.3 is 25.1 Å². The first kappa shape index (κ1) is 60.8. The second-order valence-electron chi connectivity index (χ2n) is 15.6. The van der Waals surface area contributed by atoms with Crippen molar-refractivity contribution in [3.05, 3.63) is 95.0 Å². The van der Waals surface area contributed by atoms with Crippen molar-refractivity contribution in [3.8, 4) is 11.5 Å². The third-order valence-corrected chi connectivity index (χ3v) is 17.1. The fourth-order valence-corrected chi connectivity index (χ4v) is 11.9. The molecule has 426 valence electrons. The van der Waals surface area contributed by atoms with Crippen molar-refractivity contribution in [2.24, 2.45) is 40.9 Å². The molecule has 0 radical (unpaired) electrons. The van der Waals surface area contributed by atoms with Crippen molar-refractivity contribution < 1.29 is 106 Å². The molecular weight excluding hydrogens is 1250 g/mol. The smallest absolute Gasteiger partial charge is 0.297 e. The van der Waals surface area contributed by atoms with E-state index in [9.17, 15) is 111 Å². The van der Waals surface area contributed by atoms with Crippen molar-refractivity contribution >= 4 is 162 Å². The summed E-state index contributed by atoms with van der Waals surface area (Å²) in [4.78, 5) is 1.83. The summed E-state index contributed by atoms with van der Waals surface area (Å²) in [5.41, 5.74) is -2.09. The van der Waals surface area contributed by atoms with E-state index < -0.39 is 206 Å². The van der Waals surface area contributed by atoms with Crippen molar-refractivity contribution in [1.82, 2.24) is 0 Å². The summed E-state index contributed by atoms with van der Waals surface area (Å²) in [6, 6.07) is 9.09. The maximum absolute atomic E-state index is 13.1. The molecule has 0 heterocycles. The standard InChI is InChI=1S/C38H26N10O25S8/c39-33-25(14-26(74-53)20-13-31(80(68,69)70)35(37(50)32(20)33)47-41-21-6-2-16(48(51)52)10-27(21)75(54)55)45-43-23-7-4-18-19(38(23)81(71,72)73)12-30(79(65,66)67)34(36(18)49)46-42-22-5-1-15(9-29(22)78(62,63)64)40-44-24-11-17(76(56,57)58)3-8-28(24)77(59,60)61/h1-14,49-50,53H,39H2,(H,54,55)(H,56,57,58)(H,59,60,61)(H,62,63,64)(H,65,66,67)(H,68,69,70)(H,71,72,73). The molecule has 7 rings (SSSR count). The zero-order valence-electron chi connectivity index (χ0n) is 38.5. The highest BCUT2D eigenvalue weighted by Gasteiger charge is 2.30. The highest BCUT2D eigenvalue weighted by atomic mass is 32.2. The largest absolute Gasteiger partial charge is 0.505 e. The molecule has 12 N–H and O–H groups in total. The highest BCUT2D eigenvalue weighted by molar-refractivity contribution is 7.94. The van der Waals surface area contributed by atoms with Gasteiger partial charge in [0, 0.05) is 45.2 Å². The summed E-state index contributed by atoms with van der Waals surface area (Å²) in [6.07, 6.45) is 0. The number of hydrogen-bond acceptors (Lipinski definition) is 28. The van der Waals surface area contributed by atoms with Gasteiger partial charge in [-0.05, 0) is 72.8 Å². The van der Waals surface area contributed by atoms with E-state index in [1.807, 2.05) is 0 Å². The van der Waals surface area contributed by atoms with E-state index in [1.54, 1.807) is 0 Å². The van der Waals surface area contributed by atoms with Gasteiger partial charge in [-0.1, -0.05) is 0 Å². The Bertz CT molecular complexity index is 4790. The van der Waals surface area contributed by atoms with Crippen LogP contribution in [0, 0.1) is 10.1 Å². The lowest BCUT2D eigenvalue weighted by atomic mass is 10.0. The number of nitrogen functional groups attached to an aromatic ring is 1. The number of anilines is 1. The fraction of sp³-hybridized carbons (Fsp3) is 0. The van der Waals surface area contributed by atoms with Crippen molar-refractivity contribution in [3.63, 3.8) is 0 Å². The number of aromatic hydroxyl groups is 2. The maximum Gasteiger partial charge on any atom is 0.297 e. The van der Waals surface area contributed by atoms with Gasteiger partial charge >= 0.3 is 0 Å². The number of benzene rings is 7. The van der Waals surface area contributed by atoms with Gasteiger partial charge in [-0.2, -0.15) is 55.6 Å². The SMILES string of the molecule is Nc1c(N=Nc2ccc3c(O)c(N=Nc4ccc(N=Nc5cc(S(=O)(=O)O)ccc5S(=O)(=O)O)cc4S(=O)(=O)O)c(S(=O)(=O)O)cc3c2S(=O)(=O)O)cc(SO)c2cc(S(=O)(=O)O)c(N=Nc3ccc([N+](=O)[O-])cc3S(=O)O)c(O)c12. The molecule has 1 unspecified atom stereocenters. The Kier molecular flexibility index (Phi) is 16.4. The van der Waals surface area contributed by atoms with Gasteiger partial charge in [0.05, 0.1) is 26.6 Å². The molecule has 0 aromatic heterocycles. The van der Waals surface area contributed by atoms with Crippen LogP contribution >= 0.6 is 12.0 Å². The molecule has 0 aliphatic carbocycles. The van der Waals surface area contributed by atoms with Crippen LogP contribution in [0.5, 0.6) is 11.5 Å². The zero-order valence-corrected chi connectivity index (χ0v) is 45.1. The Hall–Kier alpha value is -7.86. The number of hydrogen-bond donors (Lipinski definition) is 11. The van der Waals surface area contributed by atoms with Crippen LogP contribution in [0.1, 0.15) is 0 Å². The van der Waals surface area contributed by atoms with E-state index in [4.69, 9.17) is 5.73 Å². The van der Waals surface area contributed by atoms with Gasteiger partial charge in [-0.3, -0.25) is 37.4 Å². The van der Waals surface area contributed by atoms with Crippen molar-refractivity contribution in [2.75, 3.05) is 5.73 Å². The molecule has 0 saturated heterocycles. The van der Waals surface area contributed by atoms with Gasteiger partial charge in [0.25, 0.3) is 66.4 Å². The van der Waals surface area contributed by atoms with Gasteiger partial charge in [0.2, 0.25) is 0 Å². The normalized spacial score (nSPS) is 13.6. The minimum atomic E-state index is -5.71. The van der Waals surface area contributed by atoms with E-state index in [0.29, 0.717) is 54.6 Å². The molecule has 1 atom stereocenters. The Morgan fingerprint density at radius 1 is 0.494 bits per heavy atom. The maximum atomic E-state index is 13.1. The summed E-state index contributed by atoms with van der Waals surface area (Å²) in [6.45, 7) is 0. The predicted octanol–water partition coefficient (Wildman–Crippen LogP) is 8.18. The molecule has 35 nitrogen and oxygen atoms in total. The quantitative estimate of drug-likeness (QED) is 0.00778. The lowest BCUT2D eigenvalue weighted by molar-refractivity contribution is -0.385. The Morgan fingerprint density at radius 3 is 1.56 bits per heavy atom. The summed E-state index contributed by atoms with van der Waals surface area (Å²) in [5.74, 6) is -2.63. The minimum absolute atomic E-state index is 0.152. The van der Waals surface area contributed by atoms with E-state index in [0.717, 1.165) is 30.3 Å². The van der Waals surface area contributed by atoms with Gasteiger partial charge in [-0.25, -0.2) is 4.21 Å². The lowest BCUT2D eigenvalue weighted by Gasteiger charge is -2.14. The molecular formula is C38H26N10O25S8. The van der Waals surface area contributed by atoms with Crippen LogP contribution in [-0.2, 0) is 71.8 Å². The number of fused-ring (bicyclic) bond motifs is 2. The fourth-order valence-electron chi connectivity index (χ4n) is 7.06. The monoisotopic (exact) mass is 1280 g/mol. The van der Waals surface area contributed by atoms with Crippen LogP contribution in [-0.4, -0.2) is 106 Å². The molecule has 43 heteroatoms. The number of nitrogens with zero attached hydrogens (tertiary/aromatic N) is 9. The Labute approximate surface area is 458 Å². The molecule has 0 amide bonds. The zero-order chi connectivity index (χ0) is 60.3. The molecule has 81 heavy (non-hydrogen) atoms. The van der Waals surface area contributed by atoms with E-state index in [2.05, 4.69) is 40.9 Å². The Balaban J connectivity index is 1.35. The first-order chi connectivity index (χ1) is 37.3. The number of non-ortho nitro benzene ring substituents is 1. The number of phenols is 2. The number of nitro groups is 1. The summed E-state index contributed by atoms with van der Waals surface area (Å²) < 4.78 is 241. The number of nitro benzene ring substituents is 1. The molecule has 7 aromatic carbocycles. The van der Waals surface area contributed by atoms with Crippen LogP contribution in [0.4, 0.5) is 56.9 Å². The van der Waals surface area contributed by atoms with Gasteiger partial charge in [0.15, 0.2) is 22.6 Å². The highest BCUT2D eigenvalue weighted by Crippen LogP contribution is 2.50. The number of phenolic OH excluding ortho intramolecular Hbond substituents is 2. The third-order valence-electron chi connectivity index (χ3n) is 10.5. The Morgan fingerprint density at radius 2 is 1.01 bits per heavy atom. The topological polar surface area (TPSA) is 592 Å². The van der Waals surface area contributed by atoms with Crippen LogP contribution in [0.25, 0.3) is 21.5 Å². The van der Waals surface area contributed by atoms with Gasteiger partial charge in [-0.15, -0.1) is 35.8 Å². The van der Waals surface area contributed by atoms with Crippen LogP contribution in [0.2, 0.25) is 0 Å². The van der Waals surface area contributed by atoms with E-state index in [-0.39, 0.29) is 12.0 Å². The predicted molar refractivity (Wildman–Crippen MR) is 275 cm³/mol. The molecule has 0 aliphatic rings. The van der Waals surface area contributed by atoms with Crippen molar-refractivity contribution in [2.45, 2.75) is 39.2 Å². The molecule has 0 spiro atoms. The van der Waals surface area contributed by atoms with Crippen molar-refractivity contribution in [1.29, 1.82) is 0 Å². The van der Waals surface area contributed by atoms with Crippen LogP contribution in [0.15, 0.2) is 165 Å². The van der Waals surface area contributed by atoms with Crippen LogP contribution < -0.4 is 5.73 Å². The summed E-state index contributed by atoms with van der Waals surface area (Å²) in [7, 11) is -32.4. The molecule has 7 aromatic rings. The average Bonchev–Trinajstić information content (AvgIpc) is 3.50. The molecule has 0 bridgehead atoms. The number of azo groups is 4. The summed E-state index contributed by atoms with van der Waals surface area (Å²) >= 11 is -3.13. The molecule has 0 saturated carbocycles. The lowest BCUT2D eigenvalue weighted by Crippen LogP contribution is -2.03. The average molecular weight is 1280 g/mol. The minimum Gasteiger partial charge on any atom is -0.505 e. The first-order valence-electron chi connectivity index (χ1n) is 20.3. The molecule has 0 aliphatic heterocycles. The van der Waals surface area contributed by atoms with E-state index in [1.165, 1.54) is 0 Å². The first-order valence-corrected chi connectivity index (χ1v) is 30.8. The number of nitrogens with two attached hydrogens (primary N) is 1. The van der Waals surface area contributed by atoms with Crippen LogP contribution in [0.3, 0.4) is 0 Å². The van der Waals surface area contributed by atoms with Gasteiger partial charge in [0.1, 0.15) is 69.2 Å². The second kappa shape index (κ2) is 21.9. The number of rotatable bonds is 17. The molecule has 0 fully saturated rings.